The molecule has 5 heteroatoms. The second kappa shape index (κ2) is 4.81. The van der Waals surface area contributed by atoms with E-state index in [1.165, 1.54) is 13.2 Å². The lowest BCUT2D eigenvalue weighted by Gasteiger charge is -2.12. The fraction of sp³-hybridized carbons (Fsp3) is 0.667. The molecule has 2 atom stereocenters. The molecule has 0 spiro atoms. The van der Waals surface area contributed by atoms with Crippen molar-refractivity contribution >= 4 is 12.2 Å². The standard InChI is InChI=1S/C6H11N2O3/c1-4(10)5(7)6(11)8-2-3-9/h4-5,10H,2,7H2,1H3,(H,8,11)/t4?,5-/m1/s1. The highest BCUT2D eigenvalue weighted by atomic mass is 16.3. The molecule has 1 amide bonds. The summed E-state index contributed by atoms with van der Waals surface area (Å²) >= 11 is 0. The van der Waals surface area contributed by atoms with Gasteiger partial charge < -0.3 is 16.2 Å². The van der Waals surface area contributed by atoms with Crippen molar-refractivity contribution in [2.24, 2.45) is 5.73 Å². The molecule has 0 saturated carbocycles. The average molecular weight is 159 g/mol. The number of amides is 1. The van der Waals surface area contributed by atoms with Crippen LogP contribution in [0.2, 0.25) is 0 Å². The highest BCUT2D eigenvalue weighted by Gasteiger charge is 2.17. The lowest BCUT2D eigenvalue weighted by atomic mass is 10.2. The van der Waals surface area contributed by atoms with Crippen LogP contribution in [-0.4, -0.2) is 36.0 Å². The van der Waals surface area contributed by atoms with Gasteiger partial charge in [-0.3, -0.25) is 9.59 Å². The third kappa shape index (κ3) is 3.69. The summed E-state index contributed by atoms with van der Waals surface area (Å²) in [6.07, 6.45) is 0.558. The molecule has 0 rings (SSSR count). The summed E-state index contributed by atoms with van der Waals surface area (Å²) < 4.78 is 0. The van der Waals surface area contributed by atoms with E-state index >= 15 is 0 Å². The van der Waals surface area contributed by atoms with Gasteiger partial charge in [-0.1, -0.05) is 0 Å². The first kappa shape index (κ1) is 10.1. The van der Waals surface area contributed by atoms with Gasteiger partial charge in [0.2, 0.25) is 12.2 Å². The van der Waals surface area contributed by atoms with E-state index in [2.05, 4.69) is 5.32 Å². The molecule has 0 aliphatic carbocycles. The van der Waals surface area contributed by atoms with Gasteiger partial charge in [0.05, 0.1) is 12.6 Å². The quantitative estimate of drug-likeness (QED) is 0.439. The smallest absolute Gasteiger partial charge is 0.239 e. The van der Waals surface area contributed by atoms with E-state index in [1.54, 1.807) is 0 Å². The van der Waals surface area contributed by atoms with Crippen molar-refractivity contribution in [3.05, 3.63) is 0 Å². The number of aliphatic hydroxyl groups is 1. The van der Waals surface area contributed by atoms with Crippen LogP contribution in [0.3, 0.4) is 0 Å². The number of carbonyl (C=O) groups excluding carboxylic acids is 2. The van der Waals surface area contributed by atoms with Crippen molar-refractivity contribution in [2.75, 3.05) is 6.54 Å². The van der Waals surface area contributed by atoms with Crippen molar-refractivity contribution < 1.29 is 14.7 Å². The molecule has 0 aromatic carbocycles. The molecule has 1 radical (unpaired) electrons. The van der Waals surface area contributed by atoms with Gasteiger partial charge in [-0.2, -0.15) is 0 Å². The van der Waals surface area contributed by atoms with Gasteiger partial charge in [-0.25, -0.2) is 0 Å². The summed E-state index contributed by atoms with van der Waals surface area (Å²) in [4.78, 5) is 20.4. The van der Waals surface area contributed by atoms with Gasteiger partial charge in [0.1, 0.15) is 6.04 Å². The zero-order valence-electron chi connectivity index (χ0n) is 6.20. The number of rotatable bonds is 4. The van der Waals surface area contributed by atoms with E-state index in [0.717, 1.165) is 0 Å². The SMILES string of the molecule is CC(O)[C@@H](N)C(=O)NC[C]=O. The Morgan fingerprint density at radius 1 is 1.82 bits per heavy atom. The van der Waals surface area contributed by atoms with Gasteiger partial charge in [-0.15, -0.1) is 0 Å². The minimum atomic E-state index is -0.983. The molecule has 63 valence electrons. The van der Waals surface area contributed by atoms with Crippen molar-refractivity contribution in [1.29, 1.82) is 0 Å². The number of nitrogens with two attached hydrogens (primary N) is 1. The largest absolute Gasteiger partial charge is 0.391 e. The lowest BCUT2D eigenvalue weighted by molar-refractivity contribution is -0.124. The summed E-state index contributed by atoms with van der Waals surface area (Å²) in [5.74, 6) is -0.552. The zero-order valence-corrected chi connectivity index (χ0v) is 6.20. The molecule has 1 unspecified atom stereocenters. The molecule has 0 aromatic heterocycles. The first-order valence-electron chi connectivity index (χ1n) is 3.16. The minimum absolute atomic E-state index is 0.195. The fourth-order valence-electron chi connectivity index (χ4n) is 0.460. The molecular formula is C6H11N2O3. The Morgan fingerprint density at radius 3 is 2.73 bits per heavy atom. The van der Waals surface area contributed by atoms with Crippen LogP contribution in [-0.2, 0) is 9.59 Å². The molecule has 4 N–H and O–H groups in total. The van der Waals surface area contributed by atoms with E-state index < -0.39 is 18.1 Å². The highest BCUT2D eigenvalue weighted by Crippen LogP contribution is 1.86. The first-order chi connectivity index (χ1) is 5.09. The molecular weight excluding hydrogens is 148 g/mol. The molecule has 5 nitrogen and oxygen atoms in total. The highest BCUT2D eigenvalue weighted by molar-refractivity contribution is 5.83. The third-order valence-corrected chi connectivity index (χ3v) is 1.16. The Hall–Kier alpha value is -0.940. The normalized spacial score (nSPS) is 15.2. The Kier molecular flexibility index (Phi) is 4.40. The molecule has 0 saturated heterocycles. The number of hydrogen-bond acceptors (Lipinski definition) is 4. The van der Waals surface area contributed by atoms with E-state index in [9.17, 15) is 9.59 Å². The number of carbonyl (C=O) groups is 1. The van der Waals surface area contributed by atoms with Crippen molar-refractivity contribution in [3.8, 4) is 0 Å². The van der Waals surface area contributed by atoms with Gasteiger partial charge in [0.25, 0.3) is 0 Å². The lowest BCUT2D eigenvalue weighted by Crippen LogP contribution is -2.47. The van der Waals surface area contributed by atoms with Gasteiger partial charge in [-0.05, 0) is 6.92 Å². The summed E-state index contributed by atoms with van der Waals surface area (Å²) in [5, 5.41) is 11.0. The molecule has 0 aliphatic heterocycles. The van der Waals surface area contributed by atoms with E-state index in [1.807, 2.05) is 0 Å². The maximum Gasteiger partial charge on any atom is 0.239 e. The second-order valence-corrected chi connectivity index (χ2v) is 2.13. The van der Waals surface area contributed by atoms with Crippen LogP contribution < -0.4 is 11.1 Å². The Balaban J connectivity index is 3.73. The van der Waals surface area contributed by atoms with Crippen LogP contribution >= 0.6 is 0 Å². The number of nitrogens with one attached hydrogen (secondary N) is 1. The molecule has 0 bridgehead atoms. The monoisotopic (exact) mass is 159 g/mol. The van der Waals surface area contributed by atoms with E-state index in [0.29, 0.717) is 0 Å². The summed E-state index contributed by atoms with van der Waals surface area (Å²) in [6, 6.07) is -0.983. The van der Waals surface area contributed by atoms with E-state index in [-0.39, 0.29) is 6.54 Å². The molecule has 0 aliphatic rings. The minimum Gasteiger partial charge on any atom is -0.391 e. The Bertz CT molecular complexity index is 147. The maximum absolute atomic E-state index is 10.8. The van der Waals surface area contributed by atoms with Crippen LogP contribution in [0.15, 0.2) is 0 Å². The molecule has 0 fully saturated rings. The fourth-order valence-corrected chi connectivity index (χ4v) is 0.460. The third-order valence-electron chi connectivity index (χ3n) is 1.16. The van der Waals surface area contributed by atoms with Gasteiger partial charge in [0, 0.05) is 0 Å². The second-order valence-electron chi connectivity index (χ2n) is 2.13. The predicted octanol–water partition coefficient (Wildman–Crippen LogP) is -2.08. The van der Waals surface area contributed by atoms with Crippen LogP contribution in [0.5, 0.6) is 0 Å². The first-order valence-corrected chi connectivity index (χ1v) is 3.16. The van der Waals surface area contributed by atoms with Gasteiger partial charge in [0.15, 0.2) is 0 Å². The van der Waals surface area contributed by atoms with Crippen LogP contribution in [0, 0.1) is 0 Å². The van der Waals surface area contributed by atoms with Crippen molar-refractivity contribution in [3.63, 3.8) is 0 Å². The van der Waals surface area contributed by atoms with Crippen LogP contribution in [0.25, 0.3) is 0 Å². The maximum atomic E-state index is 10.8. The molecule has 0 heterocycles. The molecule has 0 aromatic rings. The topological polar surface area (TPSA) is 92.4 Å². The summed E-state index contributed by atoms with van der Waals surface area (Å²) in [6.45, 7) is 1.20. The van der Waals surface area contributed by atoms with Gasteiger partial charge >= 0.3 is 0 Å². The van der Waals surface area contributed by atoms with Crippen molar-refractivity contribution in [1.82, 2.24) is 5.32 Å². The molecule has 11 heavy (non-hydrogen) atoms. The van der Waals surface area contributed by atoms with E-state index in [4.69, 9.17) is 10.8 Å². The van der Waals surface area contributed by atoms with Crippen LogP contribution in [0.4, 0.5) is 0 Å². The Morgan fingerprint density at radius 2 is 2.36 bits per heavy atom. The predicted molar refractivity (Wildman–Crippen MR) is 38.4 cm³/mol. The Labute approximate surface area is 64.6 Å². The zero-order chi connectivity index (χ0) is 8.85. The summed E-state index contributed by atoms with van der Waals surface area (Å²) in [5.41, 5.74) is 5.21. The average Bonchev–Trinajstić information content (AvgIpc) is 1.98. The number of hydrogen-bond donors (Lipinski definition) is 3. The van der Waals surface area contributed by atoms with Crippen molar-refractivity contribution in [2.45, 2.75) is 19.1 Å². The summed E-state index contributed by atoms with van der Waals surface area (Å²) in [7, 11) is 0. The van der Waals surface area contributed by atoms with Crippen LogP contribution in [0.1, 0.15) is 6.92 Å². The number of aliphatic hydroxyl groups excluding tert-OH is 1.